The van der Waals surface area contributed by atoms with Gasteiger partial charge in [0.1, 0.15) is 0 Å². The van der Waals surface area contributed by atoms with Crippen molar-refractivity contribution in [1.29, 1.82) is 0 Å². The van der Waals surface area contributed by atoms with E-state index in [0.29, 0.717) is 6.04 Å². The first-order chi connectivity index (χ1) is 7.95. The average Bonchev–Trinajstić information content (AvgIpc) is 2.83. The number of nitrogens with one attached hydrogen (secondary N) is 2. The van der Waals surface area contributed by atoms with Crippen molar-refractivity contribution in [2.75, 3.05) is 26.3 Å². The lowest BCUT2D eigenvalue weighted by molar-refractivity contribution is 0.190. The van der Waals surface area contributed by atoms with Gasteiger partial charge in [0.15, 0.2) is 0 Å². The predicted octanol–water partition coefficient (Wildman–Crippen LogP) is 1.15. The van der Waals surface area contributed by atoms with E-state index in [0.717, 1.165) is 39.3 Å². The summed E-state index contributed by atoms with van der Waals surface area (Å²) in [6, 6.07) is 11.1. The normalized spacial score (nSPS) is 20.1. The molecule has 3 nitrogen and oxygen atoms in total. The third-order valence-corrected chi connectivity index (χ3v) is 2.84. The zero-order valence-electron chi connectivity index (χ0n) is 9.61. The molecule has 1 unspecified atom stereocenters. The molecular weight excluding hydrogens is 200 g/mol. The summed E-state index contributed by atoms with van der Waals surface area (Å²) in [6.45, 7) is 4.75. The van der Waals surface area contributed by atoms with Gasteiger partial charge in [-0.05, 0) is 12.0 Å². The second kappa shape index (κ2) is 6.63. The molecule has 0 bridgehead atoms. The van der Waals surface area contributed by atoms with E-state index in [1.807, 2.05) is 6.07 Å². The molecule has 0 radical (unpaired) electrons. The molecule has 0 aromatic heterocycles. The molecule has 0 saturated carbocycles. The molecule has 1 heterocycles. The molecule has 1 atom stereocenters. The summed E-state index contributed by atoms with van der Waals surface area (Å²) in [6.07, 6.45) is 1.15. The van der Waals surface area contributed by atoms with Crippen LogP contribution < -0.4 is 10.6 Å². The molecule has 0 spiro atoms. The highest BCUT2D eigenvalue weighted by Crippen LogP contribution is 2.02. The molecule has 1 aliphatic rings. The number of ether oxygens (including phenoxy) is 1. The van der Waals surface area contributed by atoms with E-state index in [2.05, 4.69) is 34.9 Å². The van der Waals surface area contributed by atoms with E-state index >= 15 is 0 Å². The van der Waals surface area contributed by atoms with E-state index in [4.69, 9.17) is 4.74 Å². The fourth-order valence-electron chi connectivity index (χ4n) is 1.89. The van der Waals surface area contributed by atoms with Crippen LogP contribution in [0.2, 0.25) is 0 Å². The number of hydrogen-bond donors (Lipinski definition) is 2. The minimum absolute atomic E-state index is 0.568. The van der Waals surface area contributed by atoms with Gasteiger partial charge in [0, 0.05) is 32.3 Å². The Balaban J connectivity index is 1.52. The van der Waals surface area contributed by atoms with Gasteiger partial charge in [0.2, 0.25) is 0 Å². The van der Waals surface area contributed by atoms with Gasteiger partial charge in [-0.1, -0.05) is 30.3 Å². The zero-order valence-corrected chi connectivity index (χ0v) is 9.61. The molecule has 1 aromatic rings. The van der Waals surface area contributed by atoms with E-state index in [-0.39, 0.29) is 0 Å². The van der Waals surface area contributed by atoms with Crippen molar-refractivity contribution < 1.29 is 4.74 Å². The summed E-state index contributed by atoms with van der Waals surface area (Å²) in [5, 5.41) is 6.90. The van der Waals surface area contributed by atoms with E-state index < -0.39 is 0 Å². The number of benzene rings is 1. The average molecular weight is 220 g/mol. The third-order valence-electron chi connectivity index (χ3n) is 2.84. The number of hydrogen-bond acceptors (Lipinski definition) is 3. The van der Waals surface area contributed by atoms with E-state index in [1.54, 1.807) is 0 Å². The first kappa shape index (κ1) is 11.6. The van der Waals surface area contributed by atoms with E-state index in [9.17, 15) is 0 Å². The Bertz CT molecular complexity index is 283. The van der Waals surface area contributed by atoms with Crippen molar-refractivity contribution in [1.82, 2.24) is 10.6 Å². The van der Waals surface area contributed by atoms with Crippen molar-refractivity contribution in [2.24, 2.45) is 0 Å². The van der Waals surface area contributed by atoms with Crippen LogP contribution in [0, 0.1) is 0 Å². The van der Waals surface area contributed by atoms with Crippen LogP contribution in [0.4, 0.5) is 0 Å². The summed E-state index contributed by atoms with van der Waals surface area (Å²) in [5.74, 6) is 0. The van der Waals surface area contributed by atoms with Crippen LogP contribution in [-0.2, 0) is 11.3 Å². The molecular formula is C13H20N2O. The number of rotatable bonds is 6. The molecule has 0 amide bonds. The molecule has 1 aliphatic heterocycles. The van der Waals surface area contributed by atoms with Crippen molar-refractivity contribution in [3.8, 4) is 0 Å². The third kappa shape index (κ3) is 3.93. The van der Waals surface area contributed by atoms with Gasteiger partial charge in [-0.15, -0.1) is 0 Å². The molecule has 1 fully saturated rings. The summed E-state index contributed by atoms with van der Waals surface area (Å²) in [4.78, 5) is 0. The van der Waals surface area contributed by atoms with Crippen LogP contribution in [0.5, 0.6) is 0 Å². The minimum Gasteiger partial charge on any atom is -0.380 e. The highest BCUT2D eigenvalue weighted by atomic mass is 16.5. The lowest BCUT2D eigenvalue weighted by Crippen LogP contribution is -2.35. The topological polar surface area (TPSA) is 33.3 Å². The zero-order chi connectivity index (χ0) is 11.1. The first-order valence-corrected chi connectivity index (χ1v) is 6.01. The Morgan fingerprint density at radius 2 is 2.06 bits per heavy atom. The maximum absolute atomic E-state index is 5.30. The van der Waals surface area contributed by atoms with Crippen LogP contribution in [-0.4, -0.2) is 32.3 Å². The Hall–Kier alpha value is -0.900. The monoisotopic (exact) mass is 220 g/mol. The van der Waals surface area contributed by atoms with Crippen molar-refractivity contribution in [3.63, 3.8) is 0 Å². The second-order valence-electron chi connectivity index (χ2n) is 4.18. The highest BCUT2D eigenvalue weighted by molar-refractivity contribution is 5.14. The van der Waals surface area contributed by atoms with Gasteiger partial charge < -0.3 is 15.4 Å². The molecule has 2 rings (SSSR count). The van der Waals surface area contributed by atoms with Gasteiger partial charge in [-0.25, -0.2) is 0 Å². The van der Waals surface area contributed by atoms with Gasteiger partial charge in [-0.3, -0.25) is 0 Å². The summed E-state index contributed by atoms with van der Waals surface area (Å²) in [5.41, 5.74) is 1.34. The Morgan fingerprint density at radius 3 is 2.81 bits per heavy atom. The maximum atomic E-state index is 5.30. The fraction of sp³-hybridized carbons (Fsp3) is 0.538. The Labute approximate surface area is 97.2 Å². The molecule has 3 heteroatoms. The van der Waals surface area contributed by atoms with Gasteiger partial charge >= 0.3 is 0 Å². The van der Waals surface area contributed by atoms with Crippen LogP contribution in [0.25, 0.3) is 0 Å². The smallest absolute Gasteiger partial charge is 0.0620 e. The Kier molecular flexibility index (Phi) is 4.80. The lowest BCUT2D eigenvalue weighted by atomic mass is 10.2. The maximum Gasteiger partial charge on any atom is 0.0620 e. The molecule has 0 aliphatic carbocycles. The van der Waals surface area contributed by atoms with Crippen LogP contribution in [0.1, 0.15) is 12.0 Å². The SMILES string of the molecule is c1ccc(CNCCNC2CCOC2)cc1. The van der Waals surface area contributed by atoms with Crippen molar-refractivity contribution in [2.45, 2.75) is 19.0 Å². The van der Waals surface area contributed by atoms with Crippen molar-refractivity contribution >= 4 is 0 Å². The van der Waals surface area contributed by atoms with Crippen LogP contribution in [0.15, 0.2) is 30.3 Å². The summed E-state index contributed by atoms with van der Waals surface area (Å²) < 4.78 is 5.30. The minimum atomic E-state index is 0.568. The highest BCUT2D eigenvalue weighted by Gasteiger charge is 2.13. The van der Waals surface area contributed by atoms with Gasteiger partial charge in [0.25, 0.3) is 0 Å². The quantitative estimate of drug-likeness (QED) is 0.706. The molecule has 1 aromatic carbocycles. The van der Waals surface area contributed by atoms with Crippen molar-refractivity contribution in [3.05, 3.63) is 35.9 Å². The molecule has 2 N–H and O–H groups in total. The molecule has 88 valence electrons. The molecule has 1 saturated heterocycles. The van der Waals surface area contributed by atoms with Gasteiger partial charge in [0.05, 0.1) is 6.61 Å². The summed E-state index contributed by atoms with van der Waals surface area (Å²) in [7, 11) is 0. The van der Waals surface area contributed by atoms with E-state index in [1.165, 1.54) is 5.56 Å². The Morgan fingerprint density at radius 1 is 1.19 bits per heavy atom. The van der Waals surface area contributed by atoms with Crippen LogP contribution in [0.3, 0.4) is 0 Å². The first-order valence-electron chi connectivity index (χ1n) is 6.01. The van der Waals surface area contributed by atoms with Crippen LogP contribution >= 0.6 is 0 Å². The molecule has 16 heavy (non-hydrogen) atoms. The largest absolute Gasteiger partial charge is 0.380 e. The standard InChI is InChI=1S/C13H20N2O/c1-2-4-12(5-3-1)10-14-7-8-15-13-6-9-16-11-13/h1-5,13-15H,6-11H2. The lowest BCUT2D eigenvalue weighted by Gasteiger charge is -2.10. The predicted molar refractivity (Wildman–Crippen MR) is 65.4 cm³/mol. The second-order valence-corrected chi connectivity index (χ2v) is 4.18. The summed E-state index contributed by atoms with van der Waals surface area (Å²) >= 11 is 0. The fourth-order valence-corrected chi connectivity index (χ4v) is 1.89. The van der Waals surface area contributed by atoms with Gasteiger partial charge in [-0.2, -0.15) is 0 Å².